The van der Waals surface area contributed by atoms with Crippen LogP contribution in [0.4, 0.5) is 0 Å². The number of aromatic nitrogens is 2. The Bertz CT molecular complexity index is 444. The van der Waals surface area contributed by atoms with Gasteiger partial charge in [0.1, 0.15) is 5.69 Å². The number of thiophene rings is 1. The summed E-state index contributed by atoms with van der Waals surface area (Å²) in [6, 6.07) is 1.88. The highest BCUT2D eigenvalue weighted by Crippen LogP contribution is 2.21. The van der Waals surface area contributed by atoms with E-state index in [0.29, 0.717) is 11.6 Å². The second kappa shape index (κ2) is 5.05. The van der Waals surface area contributed by atoms with Gasteiger partial charge in [0, 0.05) is 12.4 Å². The van der Waals surface area contributed by atoms with E-state index in [9.17, 15) is 0 Å². The van der Waals surface area contributed by atoms with Gasteiger partial charge in [-0.25, -0.2) is 4.98 Å². The molecule has 0 spiro atoms. The number of rotatable bonds is 4. The van der Waals surface area contributed by atoms with E-state index in [-0.39, 0.29) is 6.04 Å². The Morgan fingerprint density at radius 2 is 2.25 bits per heavy atom. The van der Waals surface area contributed by atoms with Crippen molar-refractivity contribution in [3.8, 4) is 5.88 Å². The van der Waals surface area contributed by atoms with Crippen LogP contribution in [0.5, 0.6) is 5.88 Å². The van der Waals surface area contributed by atoms with E-state index in [0.717, 1.165) is 6.42 Å². The average Bonchev–Trinajstić information content (AvgIpc) is 2.81. The molecule has 0 radical (unpaired) electrons. The molecule has 0 aromatic carbocycles. The predicted molar refractivity (Wildman–Crippen MR) is 63.5 cm³/mol. The van der Waals surface area contributed by atoms with E-state index >= 15 is 0 Å². The molecule has 2 rings (SSSR count). The number of nitrogens with zero attached hydrogens (tertiary/aromatic N) is 2. The Hall–Kier alpha value is -1.46. The molecule has 0 amide bonds. The largest absolute Gasteiger partial charge is 0.480 e. The summed E-state index contributed by atoms with van der Waals surface area (Å²) in [5.41, 5.74) is 8.00. The van der Waals surface area contributed by atoms with Crippen molar-refractivity contribution in [1.29, 1.82) is 0 Å². The van der Waals surface area contributed by atoms with E-state index in [2.05, 4.69) is 21.4 Å². The highest BCUT2D eigenvalue weighted by atomic mass is 32.1. The Morgan fingerprint density at radius 1 is 1.44 bits per heavy atom. The molecular weight excluding hydrogens is 222 g/mol. The minimum absolute atomic E-state index is 0.182. The average molecular weight is 235 g/mol. The molecule has 84 valence electrons. The Balaban J connectivity index is 2.17. The van der Waals surface area contributed by atoms with Crippen molar-refractivity contribution in [2.45, 2.75) is 12.5 Å². The fourth-order valence-electron chi connectivity index (χ4n) is 1.51. The van der Waals surface area contributed by atoms with E-state index in [1.165, 1.54) is 5.56 Å². The molecule has 0 saturated carbocycles. The van der Waals surface area contributed by atoms with Gasteiger partial charge in [-0.1, -0.05) is 0 Å². The van der Waals surface area contributed by atoms with Gasteiger partial charge >= 0.3 is 0 Å². The maximum absolute atomic E-state index is 6.08. The fourth-order valence-corrected chi connectivity index (χ4v) is 2.19. The van der Waals surface area contributed by atoms with Crippen LogP contribution in [-0.4, -0.2) is 17.1 Å². The Kier molecular flexibility index (Phi) is 3.48. The van der Waals surface area contributed by atoms with Crippen LogP contribution in [0.3, 0.4) is 0 Å². The maximum Gasteiger partial charge on any atom is 0.236 e. The lowest BCUT2D eigenvalue weighted by atomic mass is 10.1. The van der Waals surface area contributed by atoms with Gasteiger partial charge in [-0.15, -0.1) is 0 Å². The fraction of sp³-hybridized carbons (Fsp3) is 0.273. The molecule has 0 fully saturated rings. The smallest absolute Gasteiger partial charge is 0.236 e. The number of methoxy groups -OCH3 is 1. The molecule has 16 heavy (non-hydrogen) atoms. The lowest BCUT2D eigenvalue weighted by Gasteiger charge is -2.12. The molecule has 1 atom stereocenters. The van der Waals surface area contributed by atoms with Crippen molar-refractivity contribution in [3.63, 3.8) is 0 Å². The van der Waals surface area contributed by atoms with Gasteiger partial charge in [-0.2, -0.15) is 11.3 Å². The first kappa shape index (κ1) is 11.0. The summed E-state index contributed by atoms with van der Waals surface area (Å²) in [6.45, 7) is 0. The molecule has 0 saturated heterocycles. The highest BCUT2D eigenvalue weighted by Gasteiger charge is 2.14. The van der Waals surface area contributed by atoms with Crippen molar-refractivity contribution in [2.75, 3.05) is 7.11 Å². The lowest BCUT2D eigenvalue weighted by molar-refractivity contribution is 0.384. The summed E-state index contributed by atoms with van der Waals surface area (Å²) in [4.78, 5) is 8.31. The maximum atomic E-state index is 6.08. The van der Waals surface area contributed by atoms with E-state index in [1.54, 1.807) is 30.8 Å². The molecule has 2 aromatic rings. The molecule has 5 heteroatoms. The van der Waals surface area contributed by atoms with Crippen LogP contribution in [0, 0.1) is 0 Å². The Morgan fingerprint density at radius 3 is 2.94 bits per heavy atom. The molecule has 2 N–H and O–H groups in total. The molecule has 2 aromatic heterocycles. The summed E-state index contributed by atoms with van der Waals surface area (Å²) < 4.78 is 5.13. The molecule has 2 heterocycles. The van der Waals surface area contributed by atoms with E-state index in [4.69, 9.17) is 10.5 Å². The molecule has 0 aliphatic heterocycles. The second-order valence-electron chi connectivity index (χ2n) is 3.39. The monoisotopic (exact) mass is 235 g/mol. The minimum Gasteiger partial charge on any atom is -0.480 e. The zero-order chi connectivity index (χ0) is 11.4. The predicted octanol–water partition coefficient (Wildman–Crippen LogP) is 1.79. The van der Waals surface area contributed by atoms with Crippen LogP contribution in [0.1, 0.15) is 17.3 Å². The topological polar surface area (TPSA) is 61.0 Å². The van der Waals surface area contributed by atoms with Crippen LogP contribution in [0.15, 0.2) is 29.2 Å². The van der Waals surface area contributed by atoms with Gasteiger partial charge in [0.25, 0.3) is 0 Å². The molecule has 0 aliphatic carbocycles. The van der Waals surface area contributed by atoms with Gasteiger partial charge in [0.2, 0.25) is 5.88 Å². The third-order valence-electron chi connectivity index (χ3n) is 2.27. The normalized spacial score (nSPS) is 12.4. The summed E-state index contributed by atoms with van der Waals surface area (Å²) in [5.74, 6) is 0.505. The van der Waals surface area contributed by atoms with Gasteiger partial charge in [0.05, 0.1) is 13.2 Å². The van der Waals surface area contributed by atoms with Crippen LogP contribution < -0.4 is 10.5 Å². The molecule has 0 bridgehead atoms. The van der Waals surface area contributed by atoms with E-state index < -0.39 is 0 Å². The number of ether oxygens (including phenoxy) is 1. The number of hydrogen-bond acceptors (Lipinski definition) is 5. The van der Waals surface area contributed by atoms with Crippen molar-refractivity contribution in [3.05, 3.63) is 40.5 Å². The van der Waals surface area contributed by atoms with Crippen LogP contribution in [0.2, 0.25) is 0 Å². The molecule has 0 aliphatic rings. The number of hydrogen-bond donors (Lipinski definition) is 1. The van der Waals surface area contributed by atoms with Crippen molar-refractivity contribution in [1.82, 2.24) is 9.97 Å². The van der Waals surface area contributed by atoms with Crippen LogP contribution >= 0.6 is 11.3 Å². The molecule has 4 nitrogen and oxygen atoms in total. The summed E-state index contributed by atoms with van der Waals surface area (Å²) in [6.07, 6.45) is 3.98. The van der Waals surface area contributed by atoms with Crippen molar-refractivity contribution in [2.24, 2.45) is 5.73 Å². The van der Waals surface area contributed by atoms with Crippen LogP contribution in [0.25, 0.3) is 0 Å². The summed E-state index contributed by atoms with van der Waals surface area (Å²) >= 11 is 1.66. The van der Waals surface area contributed by atoms with E-state index in [1.807, 2.05) is 5.38 Å². The van der Waals surface area contributed by atoms with Crippen molar-refractivity contribution < 1.29 is 4.74 Å². The third kappa shape index (κ3) is 2.37. The van der Waals surface area contributed by atoms with Crippen LogP contribution in [-0.2, 0) is 6.42 Å². The first-order valence-corrected chi connectivity index (χ1v) is 5.87. The SMILES string of the molecule is COc1nccnc1C(N)Cc1ccsc1. The second-order valence-corrected chi connectivity index (χ2v) is 4.17. The first-order chi connectivity index (χ1) is 7.81. The summed E-state index contributed by atoms with van der Waals surface area (Å²) in [7, 11) is 1.57. The first-order valence-electron chi connectivity index (χ1n) is 4.93. The third-order valence-corrected chi connectivity index (χ3v) is 3.00. The molecular formula is C11H13N3OS. The van der Waals surface area contributed by atoms with Gasteiger partial charge in [0.15, 0.2) is 0 Å². The lowest BCUT2D eigenvalue weighted by Crippen LogP contribution is -2.16. The van der Waals surface area contributed by atoms with Gasteiger partial charge in [-0.3, -0.25) is 4.98 Å². The highest BCUT2D eigenvalue weighted by molar-refractivity contribution is 7.07. The zero-order valence-electron chi connectivity index (χ0n) is 8.96. The number of nitrogens with two attached hydrogens (primary N) is 1. The molecule has 1 unspecified atom stereocenters. The van der Waals surface area contributed by atoms with Gasteiger partial charge < -0.3 is 10.5 Å². The quantitative estimate of drug-likeness (QED) is 0.877. The van der Waals surface area contributed by atoms with Gasteiger partial charge in [-0.05, 0) is 28.8 Å². The van der Waals surface area contributed by atoms with Crippen molar-refractivity contribution >= 4 is 11.3 Å². The Labute approximate surface area is 98.1 Å². The standard InChI is InChI=1S/C11H13N3OS/c1-15-11-10(13-3-4-14-11)9(12)6-8-2-5-16-7-8/h2-5,7,9H,6,12H2,1H3. The summed E-state index contributed by atoms with van der Waals surface area (Å²) in [5, 5.41) is 4.12. The minimum atomic E-state index is -0.182. The zero-order valence-corrected chi connectivity index (χ0v) is 9.78.